The molecule has 0 spiro atoms. The van der Waals surface area contributed by atoms with Crippen LogP contribution in [0.5, 0.6) is 0 Å². The van der Waals surface area contributed by atoms with Crippen molar-refractivity contribution in [2.45, 2.75) is 6.92 Å². The van der Waals surface area contributed by atoms with E-state index in [1.165, 1.54) is 5.56 Å². The molecule has 0 N–H and O–H groups in total. The summed E-state index contributed by atoms with van der Waals surface area (Å²) in [6.45, 7) is 2.04. The van der Waals surface area contributed by atoms with E-state index in [4.69, 9.17) is 0 Å². The molecule has 3 nitrogen and oxygen atoms in total. The SMILES string of the molecule is Cc1ccc(-c2nc(=O)c3ccccc3n2C)cc1. The van der Waals surface area contributed by atoms with Crippen LogP contribution < -0.4 is 5.56 Å². The zero-order chi connectivity index (χ0) is 13.4. The van der Waals surface area contributed by atoms with Crippen LogP contribution in [-0.4, -0.2) is 9.55 Å². The van der Waals surface area contributed by atoms with E-state index in [9.17, 15) is 4.79 Å². The average Bonchev–Trinajstić information content (AvgIpc) is 2.44. The van der Waals surface area contributed by atoms with E-state index in [1.807, 2.05) is 67.1 Å². The maximum absolute atomic E-state index is 12.1. The van der Waals surface area contributed by atoms with Gasteiger partial charge in [-0.3, -0.25) is 4.79 Å². The highest BCUT2D eigenvalue weighted by atomic mass is 16.1. The lowest BCUT2D eigenvalue weighted by Crippen LogP contribution is -2.14. The van der Waals surface area contributed by atoms with Gasteiger partial charge in [0, 0.05) is 12.6 Å². The Kier molecular flexibility index (Phi) is 2.67. The highest BCUT2D eigenvalue weighted by molar-refractivity contribution is 5.80. The molecular weight excluding hydrogens is 236 g/mol. The molecule has 19 heavy (non-hydrogen) atoms. The molecule has 0 saturated heterocycles. The molecule has 94 valence electrons. The molecular formula is C16H14N2O. The van der Waals surface area contributed by atoms with Crippen LogP contribution in [0.1, 0.15) is 5.56 Å². The molecule has 1 aromatic heterocycles. The number of aryl methyl sites for hydroxylation is 2. The second kappa shape index (κ2) is 4.35. The molecule has 0 radical (unpaired) electrons. The molecule has 0 aliphatic heterocycles. The third kappa shape index (κ3) is 1.93. The van der Waals surface area contributed by atoms with E-state index >= 15 is 0 Å². The maximum atomic E-state index is 12.1. The van der Waals surface area contributed by atoms with Crippen molar-refractivity contribution < 1.29 is 0 Å². The monoisotopic (exact) mass is 250 g/mol. The van der Waals surface area contributed by atoms with E-state index in [0.29, 0.717) is 11.2 Å². The smallest absolute Gasteiger partial charge is 0.281 e. The van der Waals surface area contributed by atoms with Crippen molar-refractivity contribution in [3.05, 3.63) is 64.4 Å². The Morgan fingerprint density at radius 1 is 1.00 bits per heavy atom. The fourth-order valence-electron chi connectivity index (χ4n) is 2.25. The largest absolute Gasteiger partial charge is 0.328 e. The van der Waals surface area contributed by atoms with Crippen molar-refractivity contribution in [1.29, 1.82) is 0 Å². The van der Waals surface area contributed by atoms with E-state index < -0.39 is 0 Å². The molecule has 0 saturated carbocycles. The second-order valence-electron chi connectivity index (χ2n) is 4.68. The standard InChI is InChI=1S/C16H14N2O/c1-11-7-9-12(10-8-11)15-17-16(19)13-5-3-4-6-14(13)18(15)2/h3-10H,1-2H3. The molecule has 0 fully saturated rings. The number of hydrogen-bond acceptors (Lipinski definition) is 2. The first-order valence-electron chi connectivity index (χ1n) is 6.19. The highest BCUT2D eigenvalue weighted by Gasteiger charge is 2.09. The Balaban J connectivity index is 2.33. The lowest BCUT2D eigenvalue weighted by atomic mass is 10.1. The zero-order valence-electron chi connectivity index (χ0n) is 10.9. The molecule has 0 aliphatic carbocycles. The van der Waals surface area contributed by atoms with Gasteiger partial charge in [0.05, 0.1) is 10.9 Å². The fourth-order valence-corrected chi connectivity index (χ4v) is 2.25. The fraction of sp³-hybridized carbons (Fsp3) is 0.125. The number of aromatic nitrogens is 2. The van der Waals surface area contributed by atoms with Gasteiger partial charge >= 0.3 is 0 Å². The van der Waals surface area contributed by atoms with Crippen LogP contribution in [0.3, 0.4) is 0 Å². The van der Waals surface area contributed by atoms with Gasteiger partial charge in [-0.05, 0) is 19.1 Å². The average molecular weight is 250 g/mol. The van der Waals surface area contributed by atoms with E-state index in [2.05, 4.69) is 4.98 Å². The normalized spacial score (nSPS) is 10.8. The van der Waals surface area contributed by atoms with Gasteiger partial charge < -0.3 is 4.57 Å². The van der Waals surface area contributed by atoms with Gasteiger partial charge in [-0.15, -0.1) is 0 Å². The first-order chi connectivity index (χ1) is 9.16. The minimum atomic E-state index is -0.177. The molecule has 0 amide bonds. The van der Waals surface area contributed by atoms with Crippen LogP contribution in [0.2, 0.25) is 0 Å². The summed E-state index contributed by atoms with van der Waals surface area (Å²) < 4.78 is 1.96. The van der Waals surface area contributed by atoms with Crippen LogP contribution in [0.4, 0.5) is 0 Å². The number of rotatable bonds is 1. The highest BCUT2D eigenvalue weighted by Crippen LogP contribution is 2.19. The Morgan fingerprint density at radius 2 is 1.68 bits per heavy atom. The molecule has 0 unspecified atom stereocenters. The molecule has 0 aliphatic rings. The van der Waals surface area contributed by atoms with Crippen molar-refractivity contribution in [2.24, 2.45) is 7.05 Å². The van der Waals surface area contributed by atoms with Crippen LogP contribution >= 0.6 is 0 Å². The van der Waals surface area contributed by atoms with Crippen LogP contribution in [0, 0.1) is 6.92 Å². The molecule has 3 aromatic rings. The van der Waals surface area contributed by atoms with Crippen molar-refractivity contribution >= 4 is 10.9 Å². The predicted octanol–water partition coefficient (Wildman–Crippen LogP) is 2.91. The number of hydrogen-bond donors (Lipinski definition) is 0. The lowest BCUT2D eigenvalue weighted by molar-refractivity contribution is 0.915. The first kappa shape index (κ1) is 11.7. The van der Waals surface area contributed by atoms with Crippen molar-refractivity contribution in [2.75, 3.05) is 0 Å². The van der Waals surface area contributed by atoms with Crippen molar-refractivity contribution in [1.82, 2.24) is 9.55 Å². The summed E-state index contributed by atoms with van der Waals surface area (Å²) >= 11 is 0. The van der Waals surface area contributed by atoms with Gasteiger partial charge in [-0.25, -0.2) is 0 Å². The van der Waals surface area contributed by atoms with Crippen LogP contribution in [0.25, 0.3) is 22.3 Å². The van der Waals surface area contributed by atoms with Crippen molar-refractivity contribution in [3.63, 3.8) is 0 Å². The Bertz CT molecular complexity index is 801. The Hall–Kier alpha value is -2.42. The summed E-state index contributed by atoms with van der Waals surface area (Å²) in [5.74, 6) is 0.698. The Morgan fingerprint density at radius 3 is 2.42 bits per heavy atom. The number of fused-ring (bicyclic) bond motifs is 1. The van der Waals surface area contributed by atoms with Crippen LogP contribution in [0.15, 0.2) is 53.3 Å². The minimum absolute atomic E-state index is 0.177. The number of para-hydroxylation sites is 1. The quantitative estimate of drug-likeness (QED) is 0.665. The van der Waals surface area contributed by atoms with Gasteiger partial charge in [0.25, 0.3) is 5.56 Å². The lowest BCUT2D eigenvalue weighted by Gasteiger charge is -2.11. The van der Waals surface area contributed by atoms with Gasteiger partial charge in [0.15, 0.2) is 0 Å². The predicted molar refractivity (Wildman–Crippen MR) is 77.2 cm³/mol. The number of benzene rings is 2. The number of nitrogens with zero attached hydrogens (tertiary/aromatic N) is 2. The molecule has 0 atom stereocenters. The first-order valence-corrected chi connectivity index (χ1v) is 6.19. The third-order valence-corrected chi connectivity index (χ3v) is 3.33. The summed E-state index contributed by atoms with van der Waals surface area (Å²) in [5.41, 5.74) is 2.87. The molecule has 2 aromatic carbocycles. The molecule has 1 heterocycles. The maximum Gasteiger partial charge on any atom is 0.281 e. The minimum Gasteiger partial charge on any atom is -0.328 e. The van der Waals surface area contributed by atoms with E-state index in [0.717, 1.165) is 11.1 Å². The zero-order valence-corrected chi connectivity index (χ0v) is 10.9. The molecule has 0 bridgehead atoms. The summed E-state index contributed by atoms with van der Waals surface area (Å²) in [6, 6.07) is 15.6. The summed E-state index contributed by atoms with van der Waals surface area (Å²) in [5, 5.41) is 0.654. The Labute approximate surface area is 111 Å². The van der Waals surface area contributed by atoms with Gasteiger partial charge in [0.1, 0.15) is 5.82 Å². The van der Waals surface area contributed by atoms with E-state index in [-0.39, 0.29) is 5.56 Å². The molecule has 3 rings (SSSR count). The van der Waals surface area contributed by atoms with Gasteiger partial charge in [-0.2, -0.15) is 4.98 Å². The second-order valence-corrected chi connectivity index (χ2v) is 4.68. The summed E-state index contributed by atoms with van der Waals surface area (Å²) in [7, 11) is 1.93. The summed E-state index contributed by atoms with van der Waals surface area (Å²) in [6.07, 6.45) is 0. The van der Waals surface area contributed by atoms with Gasteiger partial charge in [-0.1, -0.05) is 42.0 Å². The molecule has 3 heteroatoms. The summed E-state index contributed by atoms with van der Waals surface area (Å²) in [4.78, 5) is 16.3. The third-order valence-electron chi connectivity index (χ3n) is 3.33. The van der Waals surface area contributed by atoms with Crippen molar-refractivity contribution in [3.8, 4) is 11.4 Å². The topological polar surface area (TPSA) is 34.9 Å². The van der Waals surface area contributed by atoms with Gasteiger partial charge in [0.2, 0.25) is 0 Å². The van der Waals surface area contributed by atoms with Crippen LogP contribution in [-0.2, 0) is 7.05 Å². The van der Waals surface area contributed by atoms with E-state index in [1.54, 1.807) is 0 Å².